The summed E-state index contributed by atoms with van der Waals surface area (Å²) in [6.45, 7) is 0. The van der Waals surface area contributed by atoms with E-state index in [9.17, 15) is 20.2 Å². The van der Waals surface area contributed by atoms with Crippen LogP contribution in [0.5, 0.6) is 0 Å². The van der Waals surface area contributed by atoms with Crippen LogP contribution < -0.4 is 5.73 Å². The summed E-state index contributed by atoms with van der Waals surface area (Å²) < 4.78 is 13.4. The van der Waals surface area contributed by atoms with Gasteiger partial charge in [0.15, 0.2) is 5.41 Å². The van der Waals surface area contributed by atoms with Crippen molar-refractivity contribution in [1.29, 1.82) is 15.8 Å². The van der Waals surface area contributed by atoms with Gasteiger partial charge in [-0.1, -0.05) is 24.6 Å². The maximum Gasteiger partial charge on any atom is 0.191 e. The van der Waals surface area contributed by atoms with Crippen molar-refractivity contribution in [1.82, 2.24) is 0 Å². The summed E-state index contributed by atoms with van der Waals surface area (Å²) in [5, 5.41) is 29.4. The van der Waals surface area contributed by atoms with Crippen LogP contribution in [0.3, 0.4) is 0 Å². The first-order valence-electron chi connectivity index (χ1n) is 8.27. The highest BCUT2D eigenvalue weighted by molar-refractivity contribution is 5.58. The molecule has 2 unspecified atom stereocenters. The molecule has 1 aromatic rings. The predicted octanol–water partition coefficient (Wildman–Crippen LogP) is 3.81. The number of allylic oxidation sites excluding steroid dienone is 4. The molecule has 0 radical (unpaired) electrons. The number of rotatable bonds is 1. The number of nitrogens with zero attached hydrogens (tertiary/aromatic N) is 3. The SMILES string of the molecule is N#CC1=C(N)C(C#N)(C#N)C(c2ccc(F)cc2)C2CCCCC=C12. The summed E-state index contributed by atoms with van der Waals surface area (Å²) in [4.78, 5) is 0. The number of nitriles is 3. The molecule has 2 N–H and O–H groups in total. The van der Waals surface area contributed by atoms with E-state index in [1.54, 1.807) is 12.1 Å². The Morgan fingerprint density at radius 1 is 1.08 bits per heavy atom. The lowest BCUT2D eigenvalue weighted by Gasteiger charge is -2.41. The molecule has 1 aromatic carbocycles. The zero-order valence-electron chi connectivity index (χ0n) is 13.7. The zero-order chi connectivity index (χ0) is 18.0. The van der Waals surface area contributed by atoms with Crippen LogP contribution in [0.1, 0.15) is 37.2 Å². The Kier molecular flexibility index (Phi) is 4.30. The molecule has 0 heterocycles. The highest BCUT2D eigenvalue weighted by atomic mass is 19.1. The van der Waals surface area contributed by atoms with E-state index >= 15 is 0 Å². The third-order valence-electron chi connectivity index (χ3n) is 5.28. The molecule has 0 saturated carbocycles. The minimum atomic E-state index is -1.63. The van der Waals surface area contributed by atoms with Gasteiger partial charge in [0.05, 0.1) is 23.4 Å². The van der Waals surface area contributed by atoms with Crippen molar-refractivity contribution in [3.8, 4) is 18.2 Å². The zero-order valence-corrected chi connectivity index (χ0v) is 13.7. The molecule has 5 heteroatoms. The van der Waals surface area contributed by atoms with Gasteiger partial charge in [-0.15, -0.1) is 0 Å². The van der Waals surface area contributed by atoms with Crippen LogP contribution in [0.4, 0.5) is 4.39 Å². The maximum absolute atomic E-state index is 13.4. The van der Waals surface area contributed by atoms with Gasteiger partial charge in [0.1, 0.15) is 11.9 Å². The second-order valence-electron chi connectivity index (χ2n) is 6.51. The van der Waals surface area contributed by atoms with E-state index in [4.69, 9.17) is 5.73 Å². The largest absolute Gasteiger partial charge is 0.399 e. The molecule has 0 bridgehead atoms. The van der Waals surface area contributed by atoms with Crippen molar-refractivity contribution in [2.75, 3.05) is 0 Å². The minimum absolute atomic E-state index is 0.0127. The van der Waals surface area contributed by atoms with E-state index < -0.39 is 11.3 Å². The summed E-state index contributed by atoms with van der Waals surface area (Å²) in [5.41, 5.74) is 6.37. The standard InChI is InChI=1S/C20H17FN4/c21-14-8-6-13(7-9-14)18-16-5-3-1-2-4-15(16)17(10-22)19(25)20(18,11-23)12-24/h4,6-9,16,18H,1-3,5,25H2. The summed E-state index contributed by atoms with van der Waals surface area (Å²) in [7, 11) is 0. The van der Waals surface area contributed by atoms with Crippen molar-refractivity contribution in [3.05, 3.63) is 58.6 Å². The van der Waals surface area contributed by atoms with Crippen molar-refractivity contribution in [2.24, 2.45) is 17.1 Å². The average molecular weight is 332 g/mol. The number of nitrogens with two attached hydrogens (primary N) is 1. The second kappa shape index (κ2) is 6.42. The van der Waals surface area contributed by atoms with Crippen molar-refractivity contribution >= 4 is 0 Å². The molecule has 0 aromatic heterocycles. The third kappa shape index (κ3) is 2.48. The normalized spacial score (nSPS) is 24.8. The molecule has 2 aliphatic rings. The lowest BCUT2D eigenvalue weighted by Crippen LogP contribution is -2.42. The maximum atomic E-state index is 13.4. The van der Waals surface area contributed by atoms with E-state index in [0.717, 1.165) is 31.3 Å². The molecule has 0 amide bonds. The van der Waals surface area contributed by atoms with E-state index in [2.05, 4.69) is 18.2 Å². The first kappa shape index (κ1) is 16.7. The highest BCUT2D eigenvalue weighted by Crippen LogP contribution is 2.55. The average Bonchev–Trinajstić information content (AvgIpc) is 2.87. The number of benzene rings is 1. The first-order chi connectivity index (χ1) is 12.1. The van der Waals surface area contributed by atoms with E-state index in [0.29, 0.717) is 5.56 Å². The Bertz CT molecular complexity index is 860. The van der Waals surface area contributed by atoms with Gasteiger partial charge in [-0.25, -0.2) is 4.39 Å². The molecule has 3 rings (SSSR count). The molecular formula is C20H17FN4. The predicted molar refractivity (Wildman–Crippen MR) is 89.7 cm³/mol. The minimum Gasteiger partial charge on any atom is -0.399 e. The Balaban J connectivity index is 2.31. The van der Waals surface area contributed by atoms with Crippen LogP contribution in [-0.2, 0) is 0 Å². The number of halogens is 1. The summed E-state index contributed by atoms with van der Waals surface area (Å²) in [6, 6.07) is 12.1. The van der Waals surface area contributed by atoms with Gasteiger partial charge in [-0.2, -0.15) is 15.8 Å². The monoisotopic (exact) mass is 332 g/mol. The van der Waals surface area contributed by atoms with E-state index in [1.807, 2.05) is 6.08 Å². The summed E-state index contributed by atoms with van der Waals surface area (Å²) in [5.74, 6) is -1.06. The first-order valence-corrected chi connectivity index (χ1v) is 8.27. The number of hydrogen-bond acceptors (Lipinski definition) is 4. The van der Waals surface area contributed by atoms with Crippen LogP contribution in [0.25, 0.3) is 0 Å². The second-order valence-corrected chi connectivity index (χ2v) is 6.51. The fourth-order valence-corrected chi connectivity index (χ4v) is 4.09. The highest BCUT2D eigenvalue weighted by Gasteiger charge is 2.53. The fraction of sp³-hybridized carbons (Fsp3) is 0.350. The molecule has 0 saturated heterocycles. The fourth-order valence-electron chi connectivity index (χ4n) is 4.09. The third-order valence-corrected chi connectivity index (χ3v) is 5.28. The quantitative estimate of drug-likeness (QED) is 0.845. The smallest absolute Gasteiger partial charge is 0.191 e. The van der Waals surface area contributed by atoms with Crippen LogP contribution in [0, 0.1) is 51.1 Å². The molecule has 0 fully saturated rings. The topological polar surface area (TPSA) is 97.4 Å². The van der Waals surface area contributed by atoms with E-state index in [-0.39, 0.29) is 23.0 Å². The molecule has 124 valence electrons. The van der Waals surface area contributed by atoms with Gasteiger partial charge < -0.3 is 5.73 Å². The Morgan fingerprint density at radius 3 is 2.36 bits per heavy atom. The number of hydrogen-bond donors (Lipinski definition) is 1. The Hall–Kier alpha value is -3.10. The lowest BCUT2D eigenvalue weighted by atomic mass is 9.58. The lowest BCUT2D eigenvalue weighted by molar-refractivity contribution is 0.328. The molecule has 2 aliphatic carbocycles. The Morgan fingerprint density at radius 2 is 1.76 bits per heavy atom. The summed E-state index contributed by atoms with van der Waals surface area (Å²) in [6.07, 6.45) is 5.54. The van der Waals surface area contributed by atoms with Crippen LogP contribution in [0.15, 0.2) is 47.2 Å². The van der Waals surface area contributed by atoms with Gasteiger partial charge in [0.2, 0.25) is 0 Å². The molecule has 2 atom stereocenters. The Labute approximate surface area is 146 Å². The van der Waals surface area contributed by atoms with Gasteiger partial charge in [0.25, 0.3) is 0 Å². The van der Waals surface area contributed by atoms with Crippen LogP contribution >= 0.6 is 0 Å². The van der Waals surface area contributed by atoms with Gasteiger partial charge >= 0.3 is 0 Å². The van der Waals surface area contributed by atoms with Crippen molar-refractivity contribution in [3.63, 3.8) is 0 Å². The molecule has 4 nitrogen and oxygen atoms in total. The summed E-state index contributed by atoms with van der Waals surface area (Å²) >= 11 is 0. The van der Waals surface area contributed by atoms with Crippen LogP contribution in [0.2, 0.25) is 0 Å². The molecular weight excluding hydrogens is 315 g/mol. The molecule has 0 aliphatic heterocycles. The number of fused-ring (bicyclic) bond motifs is 1. The van der Waals surface area contributed by atoms with Gasteiger partial charge in [-0.05, 0) is 48.4 Å². The van der Waals surface area contributed by atoms with Crippen molar-refractivity contribution in [2.45, 2.75) is 31.6 Å². The van der Waals surface area contributed by atoms with Gasteiger partial charge in [0, 0.05) is 5.92 Å². The van der Waals surface area contributed by atoms with Crippen molar-refractivity contribution < 1.29 is 4.39 Å². The van der Waals surface area contributed by atoms with Crippen LogP contribution in [-0.4, -0.2) is 0 Å². The molecule has 25 heavy (non-hydrogen) atoms. The van der Waals surface area contributed by atoms with Gasteiger partial charge in [-0.3, -0.25) is 0 Å². The van der Waals surface area contributed by atoms with E-state index in [1.165, 1.54) is 12.1 Å². The molecule has 0 spiro atoms.